The molecule has 0 atom stereocenters. The minimum atomic E-state index is -4.50. The summed E-state index contributed by atoms with van der Waals surface area (Å²) >= 11 is 0.960. The summed E-state index contributed by atoms with van der Waals surface area (Å²) in [6, 6.07) is 9.76. The number of thioether (sulfide) groups is 1. The third kappa shape index (κ3) is 5.33. The van der Waals surface area contributed by atoms with Gasteiger partial charge in [-0.05, 0) is 43.3 Å². The topological polar surface area (TPSA) is 129 Å². The van der Waals surface area contributed by atoms with Crippen LogP contribution >= 0.6 is 11.8 Å². The molecule has 1 aliphatic heterocycles. The van der Waals surface area contributed by atoms with Gasteiger partial charge in [-0.1, -0.05) is 17.8 Å². The molecule has 0 aliphatic carbocycles. The van der Waals surface area contributed by atoms with Crippen molar-refractivity contribution >= 4 is 35.0 Å². The summed E-state index contributed by atoms with van der Waals surface area (Å²) in [5.74, 6) is 6.68. The summed E-state index contributed by atoms with van der Waals surface area (Å²) in [5, 5.41) is 14.6. The van der Waals surface area contributed by atoms with E-state index in [1.807, 2.05) is 6.07 Å². The number of nitrogens with one attached hydrogen (secondary N) is 2. The number of nitrogens with two attached hydrogens (primary N) is 1. The van der Waals surface area contributed by atoms with Crippen LogP contribution in [-0.4, -0.2) is 39.0 Å². The van der Waals surface area contributed by atoms with Gasteiger partial charge in [0.15, 0.2) is 11.5 Å². The Hall–Kier alpha value is -3.94. The van der Waals surface area contributed by atoms with Gasteiger partial charge in [-0.15, -0.1) is 10.2 Å². The van der Waals surface area contributed by atoms with Crippen molar-refractivity contribution in [3.05, 3.63) is 53.6 Å². The Morgan fingerprint density at radius 3 is 2.79 bits per heavy atom. The van der Waals surface area contributed by atoms with Crippen LogP contribution < -0.4 is 26.1 Å². The molecule has 178 valence electrons. The molecular weight excluding hydrogens is 475 g/mol. The predicted octanol–water partition coefficient (Wildman–Crippen LogP) is 3.31. The summed E-state index contributed by atoms with van der Waals surface area (Å²) in [4.78, 5) is 12.1. The number of anilines is 2. The highest BCUT2D eigenvalue weighted by molar-refractivity contribution is 7.99. The maximum absolute atomic E-state index is 12.8. The quantitative estimate of drug-likeness (QED) is 0.198. The molecule has 10 nitrogen and oxygen atoms in total. The predicted molar refractivity (Wildman–Crippen MR) is 119 cm³/mol. The van der Waals surface area contributed by atoms with Crippen molar-refractivity contribution < 1.29 is 27.4 Å². The number of nitrogen functional groups attached to an aromatic ring is 1. The van der Waals surface area contributed by atoms with E-state index in [2.05, 4.69) is 26.0 Å². The first-order chi connectivity index (χ1) is 16.2. The number of nitrogens with zero attached hydrogens (tertiary/aromatic N) is 4. The highest BCUT2D eigenvalue weighted by atomic mass is 32.2. The smallest absolute Gasteiger partial charge is 0.416 e. The van der Waals surface area contributed by atoms with E-state index in [0.717, 1.165) is 34.1 Å². The standard InChI is InChI=1S/C20H18F3N7O3S/c1-11(12-5-6-15-16(7-12)33-10-32-15)26-27-18-28-29-19(30(18)24)34-9-17(31)25-14-4-2-3-13(8-14)20(21,22)23/h2-8H,9-10,24H2,1H3,(H,25,31)(H,27,28)/b26-11+. The second-order valence-electron chi connectivity index (χ2n) is 6.97. The van der Waals surface area contributed by atoms with Gasteiger partial charge < -0.3 is 20.6 Å². The van der Waals surface area contributed by atoms with Crippen molar-refractivity contribution in [3.63, 3.8) is 0 Å². The lowest BCUT2D eigenvalue weighted by Crippen LogP contribution is -2.17. The number of alkyl halides is 3. The highest BCUT2D eigenvalue weighted by Crippen LogP contribution is 2.33. The van der Waals surface area contributed by atoms with Crippen LogP contribution in [0.4, 0.5) is 24.8 Å². The van der Waals surface area contributed by atoms with Crippen LogP contribution in [-0.2, 0) is 11.0 Å². The Morgan fingerprint density at radius 2 is 2.00 bits per heavy atom. The molecule has 2 heterocycles. The number of halogens is 3. The van der Waals surface area contributed by atoms with E-state index < -0.39 is 17.6 Å². The first kappa shape index (κ1) is 23.2. The van der Waals surface area contributed by atoms with Crippen LogP contribution in [0.15, 0.2) is 52.7 Å². The molecule has 1 amide bonds. The Kier molecular flexibility index (Phi) is 6.49. The van der Waals surface area contributed by atoms with Crippen molar-refractivity contribution in [3.8, 4) is 11.5 Å². The zero-order valence-corrected chi connectivity index (χ0v) is 18.4. The molecule has 14 heteroatoms. The number of hydrogen-bond acceptors (Lipinski definition) is 9. The molecule has 0 unspecified atom stereocenters. The van der Waals surface area contributed by atoms with Crippen molar-refractivity contribution in [1.29, 1.82) is 0 Å². The number of fused-ring (bicyclic) bond motifs is 1. The minimum absolute atomic E-state index is 0.0327. The fourth-order valence-corrected chi connectivity index (χ4v) is 3.53. The molecule has 4 rings (SSSR count). The first-order valence-electron chi connectivity index (χ1n) is 9.71. The summed E-state index contributed by atoms with van der Waals surface area (Å²) in [6.45, 7) is 1.94. The molecular formula is C20H18F3N7O3S. The van der Waals surface area contributed by atoms with Crippen molar-refractivity contribution in [2.24, 2.45) is 5.10 Å². The molecule has 1 aliphatic rings. The largest absolute Gasteiger partial charge is 0.454 e. The van der Waals surface area contributed by atoms with Gasteiger partial charge in [0.25, 0.3) is 5.95 Å². The molecule has 0 fully saturated rings. The number of hydrogen-bond donors (Lipinski definition) is 3. The number of amides is 1. The van der Waals surface area contributed by atoms with Gasteiger partial charge in [-0.3, -0.25) is 4.79 Å². The highest BCUT2D eigenvalue weighted by Gasteiger charge is 2.30. The molecule has 4 N–H and O–H groups in total. The van der Waals surface area contributed by atoms with E-state index in [-0.39, 0.29) is 29.3 Å². The number of rotatable bonds is 7. The Morgan fingerprint density at radius 1 is 1.21 bits per heavy atom. The lowest BCUT2D eigenvalue weighted by Gasteiger charge is -2.09. The van der Waals surface area contributed by atoms with Gasteiger partial charge in [-0.2, -0.15) is 18.3 Å². The van der Waals surface area contributed by atoms with Gasteiger partial charge in [0, 0.05) is 11.3 Å². The van der Waals surface area contributed by atoms with Crippen LogP contribution in [0.1, 0.15) is 18.1 Å². The normalized spacial score (nSPS) is 13.1. The Labute approximate surface area is 195 Å². The van der Waals surface area contributed by atoms with Gasteiger partial charge in [0.1, 0.15) is 0 Å². The number of hydrazone groups is 1. The Balaban J connectivity index is 1.34. The third-order valence-electron chi connectivity index (χ3n) is 4.58. The van der Waals surface area contributed by atoms with E-state index >= 15 is 0 Å². The molecule has 2 aromatic carbocycles. The van der Waals surface area contributed by atoms with Crippen LogP contribution in [0.3, 0.4) is 0 Å². The number of benzene rings is 2. The van der Waals surface area contributed by atoms with Crippen LogP contribution in [0.5, 0.6) is 11.5 Å². The number of ether oxygens (including phenoxy) is 2. The van der Waals surface area contributed by atoms with Gasteiger partial charge in [0.2, 0.25) is 17.9 Å². The Bertz CT molecular complexity index is 1250. The van der Waals surface area contributed by atoms with Gasteiger partial charge in [0.05, 0.1) is 17.0 Å². The lowest BCUT2D eigenvalue weighted by molar-refractivity contribution is -0.137. The average molecular weight is 493 g/mol. The summed E-state index contributed by atoms with van der Waals surface area (Å²) in [6.07, 6.45) is -4.50. The molecule has 0 radical (unpaired) electrons. The molecule has 0 bridgehead atoms. The van der Waals surface area contributed by atoms with E-state index in [1.165, 1.54) is 12.1 Å². The molecule has 0 spiro atoms. The number of carbonyl (C=O) groups is 1. The van der Waals surface area contributed by atoms with Crippen LogP contribution in [0, 0.1) is 0 Å². The van der Waals surface area contributed by atoms with Crippen molar-refractivity contribution in [1.82, 2.24) is 14.9 Å². The van der Waals surface area contributed by atoms with E-state index in [0.29, 0.717) is 17.2 Å². The SMILES string of the molecule is C/C(=N\Nc1nnc(SCC(=O)Nc2cccc(C(F)(F)F)c2)n1N)c1ccc2c(c1)OCO2. The fraction of sp³-hybridized carbons (Fsp3) is 0.200. The van der Waals surface area contributed by atoms with Gasteiger partial charge >= 0.3 is 6.18 Å². The van der Waals surface area contributed by atoms with Crippen molar-refractivity contribution in [2.45, 2.75) is 18.3 Å². The zero-order chi connectivity index (χ0) is 24.3. The average Bonchev–Trinajstić information content (AvgIpc) is 3.41. The van der Waals surface area contributed by atoms with Crippen LogP contribution in [0.2, 0.25) is 0 Å². The minimum Gasteiger partial charge on any atom is -0.454 e. The van der Waals surface area contributed by atoms with Gasteiger partial charge in [-0.25, -0.2) is 10.1 Å². The number of aromatic nitrogens is 3. The molecule has 34 heavy (non-hydrogen) atoms. The van der Waals surface area contributed by atoms with E-state index in [4.69, 9.17) is 15.3 Å². The molecule has 0 saturated carbocycles. The molecule has 0 saturated heterocycles. The fourth-order valence-electron chi connectivity index (χ4n) is 2.87. The molecule has 1 aromatic heterocycles. The first-order valence-corrected chi connectivity index (χ1v) is 10.7. The zero-order valence-electron chi connectivity index (χ0n) is 17.6. The second kappa shape index (κ2) is 9.51. The number of carbonyl (C=O) groups excluding carboxylic acids is 1. The van der Waals surface area contributed by atoms with Crippen molar-refractivity contribution in [2.75, 3.05) is 29.1 Å². The van der Waals surface area contributed by atoms with E-state index in [9.17, 15) is 18.0 Å². The summed E-state index contributed by atoms with van der Waals surface area (Å²) in [7, 11) is 0. The van der Waals surface area contributed by atoms with E-state index in [1.54, 1.807) is 19.1 Å². The maximum atomic E-state index is 12.8. The third-order valence-corrected chi connectivity index (χ3v) is 5.53. The molecule has 3 aromatic rings. The van der Waals surface area contributed by atoms with Crippen LogP contribution in [0.25, 0.3) is 0 Å². The monoisotopic (exact) mass is 493 g/mol. The summed E-state index contributed by atoms with van der Waals surface area (Å²) in [5.41, 5.74) is 3.30. The lowest BCUT2D eigenvalue weighted by atomic mass is 10.1. The second-order valence-corrected chi connectivity index (χ2v) is 7.91. The summed E-state index contributed by atoms with van der Waals surface area (Å²) < 4.78 is 50.2. The maximum Gasteiger partial charge on any atom is 0.416 e.